The predicted octanol–water partition coefficient (Wildman–Crippen LogP) is 1.37. The molecule has 0 saturated carbocycles. The Bertz CT molecular complexity index is 225. The molecule has 0 bridgehead atoms. The summed E-state index contributed by atoms with van der Waals surface area (Å²) in [6, 6.07) is 0. The highest BCUT2D eigenvalue weighted by atomic mass is 79.9. The molecule has 0 spiro atoms. The van der Waals surface area contributed by atoms with Crippen LogP contribution in [0, 0.1) is 0 Å². The van der Waals surface area contributed by atoms with Crippen LogP contribution in [-0.2, 0) is 6.54 Å². The molecule has 2 N–H and O–H groups in total. The average molecular weight is 223 g/mol. The van der Waals surface area contributed by atoms with Crippen LogP contribution in [-0.4, -0.2) is 12.1 Å². The number of ether oxygens (including phenoxy) is 1. The lowest BCUT2D eigenvalue weighted by atomic mass is 10.6. The van der Waals surface area contributed by atoms with E-state index in [2.05, 4.69) is 20.9 Å². The summed E-state index contributed by atoms with van der Waals surface area (Å²) in [4.78, 5) is 5.04. The van der Waals surface area contributed by atoms with Gasteiger partial charge in [0.1, 0.15) is 4.60 Å². The van der Waals surface area contributed by atoms with Crippen molar-refractivity contribution in [1.29, 1.82) is 0 Å². The zero-order valence-electron chi connectivity index (χ0n) is 5.43. The Hall–Kier alpha value is -0.130. The van der Waals surface area contributed by atoms with E-state index in [0.29, 0.717) is 11.7 Å². The number of rotatable bonds is 2. The summed E-state index contributed by atoms with van der Waals surface area (Å²) in [5, 5.41) is 0.646. The Labute approximate surface area is 71.3 Å². The number of methoxy groups -OCH3 is 1. The number of hydrogen-bond donors (Lipinski definition) is 1. The van der Waals surface area contributed by atoms with Crippen LogP contribution in [0.5, 0.6) is 5.19 Å². The molecule has 1 heterocycles. The summed E-state index contributed by atoms with van der Waals surface area (Å²) in [6.45, 7) is 0.502. The number of halogens is 1. The van der Waals surface area contributed by atoms with Crippen LogP contribution in [0.4, 0.5) is 0 Å². The molecule has 1 aromatic heterocycles. The monoisotopic (exact) mass is 222 g/mol. The van der Waals surface area contributed by atoms with Gasteiger partial charge in [-0.3, -0.25) is 0 Å². The third kappa shape index (κ3) is 1.47. The Kier molecular flexibility index (Phi) is 2.64. The maximum absolute atomic E-state index is 5.40. The van der Waals surface area contributed by atoms with E-state index < -0.39 is 0 Å². The van der Waals surface area contributed by atoms with Crippen molar-refractivity contribution in [2.75, 3.05) is 7.11 Å². The van der Waals surface area contributed by atoms with E-state index in [-0.39, 0.29) is 0 Å². The van der Waals surface area contributed by atoms with Crippen LogP contribution >= 0.6 is 27.3 Å². The molecule has 0 aliphatic rings. The minimum atomic E-state index is 0.502. The maximum Gasteiger partial charge on any atom is 0.274 e. The first-order valence-corrected chi connectivity index (χ1v) is 4.28. The normalized spacial score (nSPS) is 9.90. The lowest BCUT2D eigenvalue weighted by Gasteiger charge is -1.85. The Morgan fingerprint density at radius 1 is 1.80 bits per heavy atom. The largest absolute Gasteiger partial charge is 0.473 e. The number of nitrogens with zero attached hydrogens (tertiary/aromatic N) is 1. The Balaban J connectivity index is 2.92. The average Bonchev–Trinajstić information content (AvgIpc) is 2.30. The first kappa shape index (κ1) is 7.97. The third-order valence-corrected chi connectivity index (χ3v) is 2.95. The van der Waals surface area contributed by atoms with E-state index in [4.69, 9.17) is 10.5 Å². The van der Waals surface area contributed by atoms with Crippen LogP contribution < -0.4 is 10.5 Å². The highest BCUT2D eigenvalue weighted by Gasteiger charge is 2.05. The van der Waals surface area contributed by atoms with Crippen molar-refractivity contribution >= 4 is 27.3 Å². The van der Waals surface area contributed by atoms with Gasteiger partial charge in [0.2, 0.25) is 0 Å². The fourth-order valence-corrected chi connectivity index (χ4v) is 1.85. The molecule has 0 aromatic carbocycles. The van der Waals surface area contributed by atoms with E-state index >= 15 is 0 Å². The molecule has 0 amide bonds. The van der Waals surface area contributed by atoms with E-state index in [0.717, 1.165) is 9.48 Å². The van der Waals surface area contributed by atoms with Gasteiger partial charge in [0.05, 0.1) is 12.0 Å². The van der Waals surface area contributed by atoms with Gasteiger partial charge in [-0.05, 0) is 15.9 Å². The first-order valence-electron chi connectivity index (χ1n) is 2.67. The van der Waals surface area contributed by atoms with Gasteiger partial charge in [0.25, 0.3) is 5.19 Å². The minimum Gasteiger partial charge on any atom is -0.473 e. The summed E-state index contributed by atoms with van der Waals surface area (Å²) in [5.41, 5.74) is 5.40. The minimum absolute atomic E-state index is 0.502. The zero-order valence-corrected chi connectivity index (χ0v) is 7.83. The van der Waals surface area contributed by atoms with Crippen LogP contribution in [0.3, 0.4) is 0 Å². The summed E-state index contributed by atoms with van der Waals surface area (Å²) < 4.78 is 5.69. The van der Waals surface area contributed by atoms with E-state index in [1.54, 1.807) is 7.11 Å². The van der Waals surface area contributed by atoms with Gasteiger partial charge in [0, 0.05) is 6.54 Å². The molecule has 5 heteroatoms. The van der Waals surface area contributed by atoms with Gasteiger partial charge < -0.3 is 10.5 Å². The van der Waals surface area contributed by atoms with Crippen molar-refractivity contribution in [3.63, 3.8) is 0 Å². The number of thiazole rings is 1. The molecule has 0 atom stereocenters. The number of aromatic nitrogens is 1. The topological polar surface area (TPSA) is 48.1 Å². The maximum atomic E-state index is 5.40. The smallest absolute Gasteiger partial charge is 0.274 e. The molecule has 0 aliphatic heterocycles. The van der Waals surface area contributed by atoms with Gasteiger partial charge in [-0.2, -0.15) is 4.98 Å². The lowest BCUT2D eigenvalue weighted by Crippen LogP contribution is -1.92. The molecule has 0 aliphatic carbocycles. The van der Waals surface area contributed by atoms with Gasteiger partial charge >= 0.3 is 0 Å². The van der Waals surface area contributed by atoms with Crippen molar-refractivity contribution in [3.8, 4) is 5.19 Å². The zero-order chi connectivity index (χ0) is 7.56. The standard InChI is InChI=1S/C5H7BrN2OS/c1-9-5-8-4(6)3(2-7)10-5/h2,7H2,1H3. The summed E-state index contributed by atoms with van der Waals surface area (Å²) >= 11 is 4.71. The summed E-state index contributed by atoms with van der Waals surface area (Å²) in [5.74, 6) is 0. The first-order chi connectivity index (χ1) is 4.77. The quantitative estimate of drug-likeness (QED) is 0.823. The van der Waals surface area contributed by atoms with Crippen molar-refractivity contribution < 1.29 is 4.74 Å². The molecule has 0 fully saturated rings. The fourth-order valence-electron chi connectivity index (χ4n) is 0.526. The van der Waals surface area contributed by atoms with Gasteiger partial charge in [-0.1, -0.05) is 11.3 Å². The number of hydrogen-bond acceptors (Lipinski definition) is 4. The summed E-state index contributed by atoms with van der Waals surface area (Å²) in [7, 11) is 1.59. The van der Waals surface area contributed by atoms with Crippen molar-refractivity contribution in [2.45, 2.75) is 6.54 Å². The molecule has 1 rings (SSSR count). The Morgan fingerprint density at radius 2 is 2.50 bits per heavy atom. The molecular formula is C5H7BrN2OS. The van der Waals surface area contributed by atoms with Gasteiger partial charge in [-0.15, -0.1) is 0 Å². The number of nitrogens with two attached hydrogens (primary N) is 1. The van der Waals surface area contributed by atoms with Crippen LogP contribution in [0.2, 0.25) is 0 Å². The van der Waals surface area contributed by atoms with E-state index in [9.17, 15) is 0 Å². The third-order valence-electron chi connectivity index (χ3n) is 0.990. The molecule has 3 nitrogen and oxygen atoms in total. The molecule has 0 radical (unpaired) electrons. The molecule has 0 saturated heterocycles. The second-order valence-electron chi connectivity index (χ2n) is 1.60. The molecule has 1 aromatic rings. The van der Waals surface area contributed by atoms with E-state index in [1.807, 2.05) is 0 Å². The predicted molar refractivity (Wildman–Crippen MR) is 44.3 cm³/mol. The second kappa shape index (κ2) is 3.32. The second-order valence-corrected chi connectivity index (χ2v) is 3.40. The molecule has 56 valence electrons. The fraction of sp³-hybridized carbons (Fsp3) is 0.400. The van der Waals surface area contributed by atoms with Gasteiger partial charge in [0.15, 0.2) is 0 Å². The van der Waals surface area contributed by atoms with Crippen LogP contribution in [0.25, 0.3) is 0 Å². The van der Waals surface area contributed by atoms with Crippen molar-refractivity contribution in [3.05, 3.63) is 9.48 Å². The van der Waals surface area contributed by atoms with Gasteiger partial charge in [-0.25, -0.2) is 0 Å². The highest BCUT2D eigenvalue weighted by molar-refractivity contribution is 9.10. The van der Waals surface area contributed by atoms with E-state index in [1.165, 1.54) is 11.3 Å². The molecular weight excluding hydrogens is 216 g/mol. The van der Waals surface area contributed by atoms with Crippen LogP contribution in [0.1, 0.15) is 4.88 Å². The summed E-state index contributed by atoms with van der Waals surface area (Å²) in [6.07, 6.45) is 0. The lowest BCUT2D eigenvalue weighted by molar-refractivity contribution is 0.411. The Morgan fingerprint density at radius 3 is 2.80 bits per heavy atom. The molecule has 0 unspecified atom stereocenters. The van der Waals surface area contributed by atoms with Crippen molar-refractivity contribution in [2.24, 2.45) is 5.73 Å². The molecule has 10 heavy (non-hydrogen) atoms. The SMILES string of the molecule is COc1nc(Br)c(CN)s1. The van der Waals surface area contributed by atoms with Crippen LogP contribution in [0.15, 0.2) is 4.60 Å². The van der Waals surface area contributed by atoms with Crippen molar-refractivity contribution in [1.82, 2.24) is 4.98 Å². The highest BCUT2D eigenvalue weighted by Crippen LogP contribution is 2.27.